The maximum atomic E-state index is 13.7. The van der Waals surface area contributed by atoms with E-state index < -0.39 is 48.6 Å². The number of nitrogens with zero attached hydrogens (tertiary/aromatic N) is 1. The van der Waals surface area contributed by atoms with Crippen molar-refractivity contribution in [2.75, 3.05) is 19.0 Å². The highest BCUT2D eigenvalue weighted by Crippen LogP contribution is 2.50. The zero-order valence-electron chi connectivity index (χ0n) is 21.1. The minimum atomic E-state index is -4.24. The molecule has 3 rings (SSSR count). The van der Waals surface area contributed by atoms with E-state index in [1.807, 2.05) is 11.1 Å². The number of ether oxygens (including phenoxy) is 1. The molecule has 0 amide bonds. The lowest BCUT2D eigenvalue weighted by Gasteiger charge is -2.27. The highest BCUT2D eigenvalue weighted by Gasteiger charge is 2.56. The van der Waals surface area contributed by atoms with Crippen molar-refractivity contribution in [1.82, 2.24) is 14.6 Å². The molecule has 13 nitrogen and oxygen atoms in total. The predicted molar refractivity (Wildman–Crippen MR) is 138 cm³/mol. The molecule has 0 radical (unpaired) electrons. The third kappa shape index (κ3) is 7.29. The molecule has 5 atom stereocenters. The van der Waals surface area contributed by atoms with Crippen LogP contribution in [0.5, 0.6) is 0 Å². The Bertz CT molecular complexity index is 1270. The summed E-state index contributed by atoms with van der Waals surface area (Å²) >= 11 is 0.891. The molecular formula is C23H32N3O10PS. The van der Waals surface area contributed by atoms with Crippen LogP contribution in [0, 0.1) is 5.41 Å². The van der Waals surface area contributed by atoms with Crippen molar-refractivity contribution in [3.63, 3.8) is 0 Å². The van der Waals surface area contributed by atoms with Gasteiger partial charge in [0, 0.05) is 24.6 Å². The summed E-state index contributed by atoms with van der Waals surface area (Å²) in [6.45, 7) is 3.87. The second-order valence-corrected chi connectivity index (χ2v) is 12.3. The first-order valence-corrected chi connectivity index (χ1v) is 14.2. The number of hydrogen-bond acceptors (Lipinski definition) is 11. The molecule has 1 saturated heterocycles. The van der Waals surface area contributed by atoms with Gasteiger partial charge in [0.05, 0.1) is 18.6 Å². The Morgan fingerprint density at radius 3 is 2.61 bits per heavy atom. The van der Waals surface area contributed by atoms with E-state index in [9.17, 15) is 34.3 Å². The maximum absolute atomic E-state index is 13.7. The van der Waals surface area contributed by atoms with Crippen molar-refractivity contribution < 1.29 is 38.5 Å². The summed E-state index contributed by atoms with van der Waals surface area (Å²) in [5.74, 6) is 0.0871. The predicted octanol–water partition coefficient (Wildman–Crippen LogP) is 0.713. The molecule has 2 aromatic rings. The van der Waals surface area contributed by atoms with E-state index in [2.05, 4.69) is 5.09 Å². The van der Waals surface area contributed by atoms with Gasteiger partial charge in [-0.25, -0.2) is 14.4 Å². The monoisotopic (exact) mass is 573 g/mol. The van der Waals surface area contributed by atoms with E-state index in [-0.39, 0.29) is 30.6 Å². The lowest BCUT2D eigenvalue weighted by molar-refractivity contribution is -0.134. The van der Waals surface area contributed by atoms with E-state index >= 15 is 0 Å². The quantitative estimate of drug-likeness (QED) is 0.177. The lowest BCUT2D eigenvalue weighted by atomic mass is 9.97. The van der Waals surface area contributed by atoms with Crippen molar-refractivity contribution in [3.05, 3.63) is 69.0 Å². The second-order valence-electron chi connectivity index (χ2n) is 9.48. The van der Waals surface area contributed by atoms with Gasteiger partial charge in [-0.2, -0.15) is 0 Å². The number of hydrogen-bond donors (Lipinski definition) is 5. The van der Waals surface area contributed by atoms with Gasteiger partial charge in [-0.15, -0.1) is 0 Å². The van der Waals surface area contributed by atoms with Crippen LogP contribution in [0.3, 0.4) is 0 Å². The fraction of sp³-hybridized carbons (Fsp3) is 0.522. The summed E-state index contributed by atoms with van der Waals surface area (Å²) in [7, 11) is -4.24. The van der Waals surface area contributed by atoms with Gasteiger partial charge >= 0.3 is 13.4 Å². The summed E-state index contributed by atoms with van der Waals surface area (Å²) < 4.78 is 31.2. The van der Waals surface area contributed by atoms with Crippen LogP contribution in [0.4, 0.5) is 0 Å². The number of thioether (sulfide) groups is 1. The van der Waals surface area contributed by atoms with Crippen molar-refractivity contribution >= 4 is 24.6 Å². The van der Waals surface area contributed by atoms with E-state index in [4.69, 9.17) is 13.8 Å². The Labute approximate surface area is 222 Å². The summed E-state index contributed by atoms with van der Waals surface area (Å²) in [5.41, 5.74) is -3.87. The van der Waals surface area contributed by atoms with Crippen molar-refractivity contribution in [2.24, 2.45) is 5.41 Å². The molecule has 0 spiro atoms. The maximum Gasteiger partial charge on any atom is 0.408 e. The number of carbonyl (C=O) groups is 1. The Kier molecular flexibility index (Phi) is 9.90. The molecule has 1 aromatic heterocycles. The molecule has 1 aliphatic heterocycles. The van der Waals surface area contributed by atoms with Gasteiger partial charge < -0.3 is 20.1 Å². The highest BCUT2D eigenvalue weighted by atomic mass is 32.2. The molecule has 2 unspecified atom stereocenters. The Morgan fingerprint density at radius 1 is 1.29 bits per heavy atom. The SMILES string of the molecule is CC(C)(CO)C(=O)SCCOP(=O)(NCc1ccccc1)OC1O[C@@H](n2ccc(=O)[nH]c2=O)[C@](C)(O)[C@@H]1O. The smallest absolute Gasteiger partial charge is 0.395 e. The third-order valence-electron chi connectivity index (χ3n) is 5.81. The van der Waals surface area contributed by atoms with E-state index in [0.717, 1.165) is 34.2 Å². The molecule has 210 valence electrons. The summed E-state index contributed by atoms with van der Waals surface area (Å²) in [6.07, 6.45) is -3.89. The summed E-state index contributed by atoms with van der Waals surface area (Å²) in [4.78, 5) is 37.9. The van der Waals surface area contributed by atoms with Crippen LogP contribution < -0.4 is 16.3 Å². The standard InChI is InChI=1S/C23H32N3O10PS/c1-22(2,14-27)20(30)38-12-11-34-37(33,24-13-15-7-5-4-6-8-15)36-18-17(29)23(3,32)19(35-18)26-10-9-16(28)25-21(26)31/h4-10,17-19,27,29,32H,11-14H2,1-3H3,(H,24,33)(H,25,28,31)/t17-,18?,19-,23-,37?/m1/s1. The Morgan fingerprint density at radius 2 is 1.97 bits per heavy atom. The average molecular weight is 574 g/mol. The van der Waals surface area contributed by atoms with E-state index in [1.165, 1.54) is 6.92 Å². The van der Waals surface area contributed by atoms with Crippen LogP contribution in [-0.4, -0.2) is 66.9 Å². The van der Waals surface area contributed by atoms with Crippen molar-refractivity contribution in [3.8, 4) is 0 Å². The van der Waals surface area contributed by atoms with Gasteiger partial charge in [0.1, 0.15) is 11.7 Å². The van der Waals surface area contributed by atoms with E-state index in [1.54, 1.807) is 38.1 Å². The van der Waals surface area contributed by atoms with Crippen LogP contribution in [0.15, 0.2) is 52.2 Å². The molecule has 38 heavy (non-hydrogen) atoms. The van der Waals surface area contributed by atoms with Crippen molar-refractivity contribution in [2.45, 2.75) is 51.5 Å². The first-order chi connectivity index (χ1) is 17.8. The number of H-pyrrole nitrogens is 1. The summed E-state index contributed by atoms with van der Waals surface area (Å²) in [6, 6.07) is 9.95. The van der Waals surface area contributed by atoms with Gasteiger partial charge in [-0.1, -0.05) is 42.1 Å². The van der Waals surface area contributed by atoms with Gasteiger partial charge in [-0.3, -0.25) is 28.2 Å². The fourth-order valence-corrected chi connectivity index (χ4v) is 5.69. The van der Waals surface area contributed by atoms with Gasteiger partial charge in [0.25, 0.3) is 5.56 Å². The normalized spacial score (nSPS) is 25.3. The topological polar surface area (TPSA) is 189 Å². The zero-order valence-corrected chi connectivity index (χ0v) is 22.8. The third-order valence-corrected chi connectivity index (χ3v) is 8.55. The molecule has 0 saturated carbocycles. The zero-order chi connectivity index (χ0) is 28.1. The summed E-state index contributed by atoms with van der Waals surface area (Å²) in [5, 5.41) is 33.4. The number of aromatic amines is 1. The molecule has 1 aromatic carbocycles. The molecule has 0 aliphatic carbocycles. The van der Waals surface area contributed by atoms with Crippen LogP contribution in [-0.2, 0) is 29.7 Å². The molecule has 1 fully saturated rings. The van der Waals surface area contributed by atoms with Crippen LogP contribution in [0.2, 0.25) is 0 Å². The van der Waals surface area contributed by atoms with Crippen molar-refractivity contribution in [1.29, 1.82) is 0 Å². The van der Waals surface area contributed by atoms with E-state index in [0.29, 0.717) is 0 Å². The van der Waals surface area contributed by atoms with Crippen LogP contribution in [0.25, 0.3) is 0 Å². The molecular weight excluding hydrogens is 541 g/mol. The number of aliphatic hydroxyl groups excluding tert-OH is 2. The lowest BCUT2D eigenvalue weighted by Crippen LogP contribution is -2.46. The highest BCUT2D eigenvalue weighted by molar-refractivity contribution is 8.13. The number of nitrogens with one attached hydrogen (secondary N) is 2. The van der Waals surface area contributed by atoms with Crippen LogP contribution >= 0.6 is 19.5 Å². The van der Waals surface area contributed by atoms with Gasteiger partial charge in [-0.05, 0) is 26.3 Å². The minimum Gasteiger partial charge on any atom is -0.395 e. The number of benzene rings is 1. The average Bonchev–Trinajstić information content (AvgIpc) is 3.09. The molecule has 1 aliphatic rings. The molecule has 2 heterocycles. The number of aromatic nitrogens is 2. The largest absolute Gasteiger partial charge is 0.408 e. The van der Waals surface area contributed by atoms with Gasteiger partial charge in [0.15, 0.2) is 17.6 Å². The fourth-order valence-electron chi connectivity index (χ4n) is 3.39. The minimum absolute atomic E-state index is 0.0454. The molecule has 15 heteroatoms. The second kappa shape index (κ2) is 12.4. The number of rotatable bonds is 12. The number of aliphatic hydroxyl groups is 3. The molecule has 5 N–H and O–H groups in total. The Balaban J connectivity index is 1.76. The van der Waals surface area contributed by atoms with Gasteiger partial charge in [0.2, 0.25) is 0 Å². The number of carbonyl (C=O) groups excluding carboxylic acids is 1. The Hall–Kier alpha value is -2.13. The molecule has 0 bridgehead atoms. The first-order valence-electron chi connectivity index (χ1n) is 11.7. The van der Waals surface area contributed by atoms with Crippen LogP contribution in [0.1, 0.15) is 32.6 Å². The first kappa shape index (κ1) is 30.4.